The number of amides is 2. The minimum Gasteiger partial charge on any atom is -0.454 e. The van der Waals surface area contributed by atoms with Crippen molar-refractivity contribution in [3.63, 3.8) is 0 Å². The normalized spacial score (nSPS) is 17.2. The van der Waals surface area contributed by atoms with E-state index >= 15 is 0 Å². The quantitative estimate of drug-likeness (QED) is 0.897. The lowest BCUT2D eigenvalue weighted by Gasteiger charge is -2.25. The van der Waals surface area contributed by atoms with Gasteiger partial charge in [-0.05, 0) is 43.4 Å². The lowest BCUT2D eigenvalue weighted by molar-refractivity contribution is -0.132. The van der Waals surface area contributed by atoms with Gasteiger partial charge in [-0.1, -0.05) is 13.8 Å². The smallest absolute Gasteiger partial charge is 0.252 e. The predicted octanol–water partition coefficient (Wildman–Crippen LogP) is 2.18. The lowest BCUT2D eigenvalue weighted by atomic mass is 10.0. The fraction of sp³-hybridized carbons (Fsp3) is 0.556. The number of hydrogen-bond acceptors (Lipinski definition) is 4. The topological polar surface area (TPSA) is 67.9 Å². The molecule has 2 amide bonds. The van der Waals surface area contributed by atoms with Crippen LogP contribution in [0, 0.1) is 5.92 Å². The zero-order valence-corrected chi connectivity index (χ0v) is 14.2. The van der Waals surface area contributed by atoms with Crippen molar-refractivity contribution in [2.75, 3.05) is 19.9 Å². The maximum atomic E-state index is 12.7. The van der Waals surface area contributed by atoms with Crippen LogP contribution < -0.4 is 14.8 Å². The Balaban J connectivity index is 1.71. The van der Waals surface area contributed by atoms with Crippen molar-refractivity contribution < 1.29 is 19.1 Å². The first-order valence-corrected chi connectivity index (χ1v) is 8.54. The molecule has 130 valence electrons. The highest BCUT2D eigenvalue weighted by atomic mass is 16.7. The predicted molar refractivity (Wildman–Crippen MR) is 89.1 cm³/mol. The molecular weight excluding hydrogens is 308 g/mol. The first kappa shape index (κ1) is 16.6. The number of hydrogen-bond donors (Lipinski definition) is 1. The standard InChI is InChI=1S/C18H24N2O4/c1-12(2)9-14(18(22)20-7-3-4-8-20)19-17(21)13-5-6-15-16(10-13)24-11-23-15/h5-6,10,12,14H,3-4,7-9,11H2,1-2H3,(H,19,21)/t14-/m1/s1. The number of nitrogens with zero attached hydrogens (tertiary/aromatic N) is 1. The molecule has 1 saturated heterocycles. The van der Waals surface area contributed by atoms with Crippen molar-refractivity contribution in [3.05, 3.63) is 23.8 Å². The van der Waals surface area contributed by atoms with Crippen molar-refractivity contribution in [3.8, 4) is 11.5 Å². The van der Waals surface area contributed by atoms with Gasteiger partial charge in [0.25, 0.3) is 5.91 Å². The van der Waals surface area contributed by atoms with Crippen molar-refractivity contribution in [2.24, 2.45) is 5.92 Å². The number of fused-ring (bicyclic) bond motifs is 1. The maximum absolute atomic E-state index is 12.7. The van der Waals surface area contributed by atoms with Crippen LogP contribution in [0.2, 0.25) is 0 Å². The fourth-order valence-corrected chi connectivity index (χ4v) is 3.13. The average Bonchev–Trinajstić information content (AvgIpc) is 3.23. The zero-order chi connectivity index (χ0) is 17.1. The van der Waals surface area contributed by atoms with Crippen LogP contribution in [0.5, 0.6) is 11.5 Å². The molecule has 0 saturated carbocycles. The monoisotopic (exact) mass is 332 g/mol. The highest BCUT2D eigenvalue weighted by Gasteiger charge is 2.29. The van der Waals surface area contributed by atoms with Gasteiger partial charge in [0.2, 0.25) is 12.7 Å². The van der Waals surface area contributed by atoms with E-state index in [1.165, 1.54) is 0 Å². The molecule has 0 bridgehead atoms. The second kappa shape index (κ2) is 7.11. The maximum Gasteiger partial charge on any atom is 0.252 e. The molecule has 0 unspecified atom stereocenters. The number of likely N-dealkylation sites (tertiary alicyclic amines) is 1. The first-order chi connectivity index (χ1) is 11.5. The minimum atomic E-state index is -0.485. The Morgan fingerprint density at radius 2 is 1.88 bits per heavy atom. The fourth-order valence-electron chi connectivity index (χ4n) is 3.13. The van der Waals surface area contributed by atoms with Crippen LogP contribution in [0.1, 0.15) is 43.5 Å². The second-order valence-electron chi connectivity index (χ2n) is 6.76. The van der Waals surface area contributed by atoms with Gasteiger partial charge in [0.05, 0.1) is 0 Å². The van der Waals surface area contributed by atoms with Gasteiger partial charge >= 0.3 is 0 Å². The molecule has 24 heavy (non-hydrogen) atoms. The molecule has 1 N–H and O–H groups in total. The van der Waals surface area contributed by atoms with E-state index in [9.17, 15) is 9.59 Å². The van der Waals surface area contributed by atoms with Gasteiger partial charge in [-0.3, -0.25) is 9.59 Å². The number of benzene rings is 1. The van der Waals surface area contributed by atoms with Crippen molar-refractivity contribution in [1.82, 2.24) is 10.2 Å². The van der Waals surface area contributed by atoms with Crippen molar-refractivity contribution in [2.45, 2.75) is 39.2 Å². The molecule has 2 heterocycles. The molecule has 2 aliphatic heterocycles. The number of rotatable bonds is 5. The van der Waals surface area contributed by atoms with Crippen LogP contribution in [-0.4, -0.2) is 42.6 Å². The molecule has 6 heteroatoms. The molecule has 1 aromatic rings. The molecule has 0 aromatic heterocycles. The number of nitrogens with one attached hydrogen (secondary N) is 1. The molecule has 0 aliphatic carbocycles. The molecule has 1 atom stereocenters. The van der Waals surface area contributed by atoms with Gasteiger partial charge in [0.15, 0.2) is 11.5 Å². The third-order valence-corrected chi connectivity index (χ3v) is 4.36. The van der Waals surface area contributed by atoms with Crippen molar-refractivity contribution >= 4 is 11.8 Å². The van der Waals surface area contributed by atoms with Gasteiger partial charge < -0.3 is 19.7 Å². The third-order valence-electron chi connectivity index (χ3n) is 4.36. The van der Waals surface area contributed by atoms with E-state index in [0.717, 1.165) is 25.9 Å². The summed E-state index contributed by atoms with van der Waals surface area (Å²) < 4.78 is 10.6. The Morgan fingerprint density at radius 1 is 1.17 bits per heavy atom. The summed E-state index contributed by atoms with van der Waals surface area (Å²) in [6.45, 7) is 5.85. The molecule has 1 fully saturated rings. The summed E-state index contributed by atoms with van der Waals surface area (Å²) in [6.07, 6.45) is 2.71. The Kier molecular flexibility index (Phi) is 4.92. The molecule has 1 aromatic carbocycles. The van der Waals surface area contributed by atoms with E-state index in [1.54, 1.807) is 18.2 Å². The van der Waals surface area contributed by atoms with E-state index in [1.807, 2.05) is 4.90 Å². The Bertz CT molecular complexity index is 623. The highest BCUT2D eigenvalue weighted by Crippen LogP contribution is 2.32. The summed E-state index contributed by atoms with van der Waals surface area (Å²) in [5.74, 6) is 1.28. The van der Waals surface area contributed by atoms with Crippen LogP contribution in [-0.2, 0) is 4.79 Å². The summed E-state index contributed by atoms with van der Waals surface area (Å²) in [6, 6.07) is 4.58. The summed E-state index contributed by atoms with van der Waals surface area (Å²) >= 11 is 0. The van der Waals surface area contributed by atoms with Gasteiger partial charge in [-0.25, -0.2) is 0 Å². The molecular formula is C18H24N2O4. The number of carbonyl (C=O) groups is 2. The van der Waals surface area contributed by atoms with Gasteiger partial charge in [-0.15, -0.1) is 0 Å². The van der Waals surface area contributed by atoms with Crippen LogP contribution >= 0.6 is 0 Å². The molecule has 0 spiro atoms. The van der Waals surface area contributed by atoms with E-state index in [2.05, 4.69) is 19.2 Å². The summed E-state index contributed by atoms with van der Waals surface area (Å²) in [5.41, 5.74) is 0.474. The minimum absolute atomic E-state index is 0.0234. The zero-order valence-electron chi connectivity index (χ0n) is 14.2. The number of ether oxygens (including phenoxy) is 2. The van der Waals surface area contributed by atoms with Crippen LogP contribution in [0.15, 0.2) is 18.2 Å². The summed E-state index contributed by atoms with van der Waals surface area (Å²) in [5, 5.41) is 2.91. The van der Waals surface area contributed by atoms with Crippen molar-refractivity contribution in [1.29, 1.82) is 0 Å². The Morgan fingerprint density at radius 3 is 2.58 bits per heavy atom. The second-order valence-corrected chi connectivity index (χ2v) is 6.76. The molecule has 3 rings (SSSR count). The van der Waals surface area contributed by atoms with E-state index in [4.69, 9.17) is 9.47 Å². The van der Waals surface area contributed by atoms with E-state index in [-0.39, 0.29) is 18.6 Å². The first-order valence-electron chi connectivity index (χ1n) is 8.54. The van der Waals surface area contributed by atoms with E-state index in [0.29, 0.717) is 29.4 Å². The van der Waals surface area contributed by atoms with Crippen LogP contribution in [0.25, 0.3) is 0 Å². The van der Waals surface area contributed by atoms with Gasteiger partial charge in [0, 0.05) is 18.7 Å². The highest BCUT2D eigenvalue weighted by molar-refractivity contribution is 5.98. The number of carbonyl (C=O) groups excluding carboxylic acids is 2. The van der Waals surface area contributed by atoms with Gasteiger partial charge in [-0.2, -0.15) is 0 Å². The molecule has 2 aliphatic rings. The van der Waals surface area contributed by atoms with Crippen LogP contribution in [0.3, 0.4) is 0 Å². The SMILES string of the molecule is CC(C)C[C@@H](NC(=O)c1ccc2c(c1)OCO2)C(=O)N1CCCC1. The van der Waals surface area contributed by atoms with E-state index < -0.39 is 6.04 Å². The Labute approximate surface area is 142 Å². The van der Waals surface area contributed by atoms with Gasteiger partial charge in [0.1, 0.15) is 6.04 Å². The van der Waals surface area contributed by atoms with Crippen LogP contribution in [0.4, 0.5) is 0 Å². The average molecular weight is 332 g/mol. The largest absolute Gasteiger partial charge is 0.454 e. The molecule has 6 nitrogen and oxygen atoms in total. The lowest BCUT2D eigenvalue weighted by Crippen LogP contribution is -2.48. The summed E-state index contributed by atoms with van der Waals surface area (Å²) in [4.78, 5) is 27.1. The molecule has 0 radical (unpaired) electrons. The third kappa shape index (κ3) is 3.63. The Hall–Kier alpha value is -2.24. The summed E-state index contributed by atoms with van der Waals surface area (Å²) in [7, 11) is 0.